The molecule has 0 aromatic heterocycles. The molecule has 0 heterocycles. The second-order valence-corrected chi connectivity index (χ2v) is 3.64. The highest BCUT2D eigenvalue weighted by molar-refractivity contribution is 5.53. The van der Waals surface area contributed by atoms with Crippen molar-refractivity contribution in [3.8, 4) is 0 Å². The van der Waals surface area contributed by atoms with Gasteiger partial charge in [0.15, 0.2) is 11.6 Å². The van der Waals surface area contributed by atoms with E-state index < -0.39 is 17.7 Å². The number of hydrogen-bond acceptors (Lipinski definition) is 3. The molecule has 0 fully saturated rings. The molecule has 0 amide bonds. The minimum Gasteiger partial charge on any atom is -0.399 e. The summed E-state index contributed by atoms with van der Waals surface area (Å²) in [5.74, 6) is -1.44. The summed E-state index contributed by atoms with van der Waals surface area (Å²) in [6, 6.07) is 2.11. The number of nitrogens with one attached hydrogen (secondary N) is 1. The molecule has 0 aliphatic heterocycles. The summed E-state index contributed by atoms with van der Waals surface area (Å²) in [6.07, 6.45) is 0.612. The first-order valence-corrected chi connectivity index (χ1v) is 5.21. The first-order valence-electron chi connectivity index (χ1n) is 5.21. The fraction of sp³-hybridized carbons (Fsp3) is 0.455. The van der Waals surface area contributed by atoms with E-state index in [1.54, 1.807) is 0 Å². The van der Waals surface area contributed by atoms with E-state index in [1.807, 2.05) is 6.92 Å². The molecule has 1 aromatic carbocycles. The fourth-order valence-corrected chi connectivity index (χ4v) is 1.33. The molecule has 0 bridgehead atoms. The molecule has 1 unspecified atom stereocenters. The molecule has 16 heavy (non-hydrogen) atoms. The standard InChI is InChI=1S/C11H16F2N2O/c1-2-8(16)3-4-15-11-9(12)5-7(14)6-10(11)13/h5-6,8,15-16H,2-4,14H2,1H3. The highest BCUT2D eigenvalue weighted by Gasteiger charge is 2.10. The van der Waals surface area contributed by atoms with Crippen LogP contribution in [0, 0.1) is 11.6 Å². The van der Waals surface area contributed by atoms with Crippen LogP contribution in [0.2, 0.25) is 0 Å². The van der Waals surface area contributed by atoms with Crippen molar-refractivity contribution in [1.29, 1.82) is 0 Å². The fourth-order valence-electron chi connectivity index (χ4n) is 1.33. The summed E-state index contributed by atoms with van der Waals surface area (Å²) < 4.78 is 26.5. The zero-order valence-corrected chi connectivity index (χ0v) is 9.13. The largest absolute Gasteiger partial charge is 0.399 e. The smallest absolute Gasteiger partial charge is 0.151 e. The Morgan fingerprint density at radius 2 is 1.94 bits per heavy atom. The molecule has 90 valence electrons. The van der Waals surface area contributed by atoms with Crippen LogP contribution in [0.1, 0.15) is 19.8 Å². The molecule has 1 atom stereocenters. The Kier molecular flexibility index (Phi) is 4.49. The van der Waals surface area contributed by atoms with Crippen molar-refractivity contribution in [2.24, 2.45) is 0 Å². The number of halogens is 2. The van der Waals surface area contributed by atoms with Crippen LogP contribution in [-0.2, 0) is 0 Å². The minimum atomic E-state index is -0.719. The molecule has 0 aliphatic carbocycles. The zero-order chi connectivity index (χ0) is 12.1. The van der Waals surface area contributed by atoms with Gasteiger partial charge in [-0.2, -0.15) is 0 Å². The highest BCUT2D eigenvalue weighted by atomic mass is 19.1. The molecule has 0 saturated heterocycles. The van der Waals surface area contributed by atoms with Crippen molar-refractivity contribution in [3.63, 3.8) is 0 Å². The number of nitrogen functional groups attached to an aromatic ring is 1. The van der Waals surface area contributed by atoms with Crippen molar-refractivity contribution in [1.82, 2.24) is 0 Å². The van der Waals surface area contributed by atoms with E-state index in [9.17, 15) is 13.9 Å². The lowest BCUT2D eigenvalue weighted by Gasteiger charge is -2.11. The van der Waals surface area contributed by atoms with Gasteiger partial charge >= 0.3 is 0 Å². The molecule has 3 nitrogen and oxygen atoms in total. The van der Waals surface area contributed by atoms with Crippen LogP contribution < -0.4 is 11.1 Å². The SMILES string of the molecule is CCC(O)CCNc1c(F)cc(N)cc1F. The van der Waals surface area contributed by atoms with Gasteiger partial charge in [-0.1, -0.05) is 6.92 Å². The number of rotatable bonds is 5. The van der Waals surface area contributed by atoms with Crippen molar-refractivity contribution < 1.29 is 13.9 Å². The summed E-state index contributed by atoms with van der Waals surface area (Å²) in [7, 11) is 0. The van der Waals surface area contributed by atoms with Gasteiger partial charge in [-0.3, -0.25) is 0 Å². The first kappa shape index (κ1) is 12.7. The van der Waals surface area contributed by atoms with E-state index in [4.69, 9.17) is 5.73 Å². The van der Waals surface area contributed by atoms with Crippen LogP contribution in [0.4, 0.5) is 20.2 Å². The second kappa shape index (κ2) is 5.65. The third kappa shape index (κ3) is 3.34. The zero-order valence-electron chi connectivity index (χ0n) is 9.13. The summed E-state index contributed by atoms with van der Waals surface area (Å²) >= 11 is 0. The van der Waals surface area contributed by atoms with Crippen molar-refractivity contribution in [2.75, 3.05) is 17.6 Å². The van der Waals surface area contributed by atoms with Gasteiger partial charge in [0.1, 0.15) is 5.69 Å². The van der Waals surface area contributed by atoms with Gasteiger partial charge in [-0.05, 0) is 25.0 Å². The highest BCUT2D eigenvalue weighted by Crippen LogP contribution is 2.21. The molecular weight excluding hydrogens is 214 g/mol. The number of nitrogens with two attached hydrogens (primary N) is 1. The van der Waals surface area contributed by atoms with Gasteiger partial charge in [0, 0.05) is 12.2 Å². The molecule has 5 heteroatoms. The van der Waals surface area contributed by atoms with Crippen molar-refractivity contribution >= 4 is 11.4 Å². The Balaban J connectivity index is 2.60. The average molecular weight is 230 g/mol. The van der Waals surface area contributed by atoms with Gasteiger partial charge in [-0.25, -0.2) is 8.78 Å². The molecule has 1 rings (SSSR count). The third-order valence-corrected chi connectivity index (χ3v) is 2.32. The number of aliphatic hydroxyl groups is 1. The Hall–Kier alpha value is -1.36. The molecule has 0 aliphatic rings. The monoisotopic (exact) mass is 230 g/mol. The third-order valence-electron chi connectivity index (χ3n) is 2.32. The Morgan fingerprint density at radius 1 is 1.38 bits per heavy atom. The van der Waals surface area contributed by atoms with Gasteiger partial charge in [-0.15, -0.1) is 0 Å². The van der Waals surface area contributed by atoms with Gasteiger partial charge in [0.2, 0.25) is 0 Å². The minimum absolute atomic E-state index is 0.0501. The maximum absolute atomic E-state index is 13.3. The maximum atomic E-state index is 13.3. The van der Waals surface area contributed by atoms with E-state index in [-0.39, 0.29) is 11.4 Å². The predicted molar refractivity (Wildman–Crippen MR) is 60.2 cm³/mol. The lowest BCUT2D eigenvalue weighted by Crippen LogP contribution is -2.13. The Morgan fingerprint density at radius 3 is 2.44 bits per heavy atom. The van der Waals surface area contributed by atoms with Crippen molar-refractivity contribution in [3.05, 3.63) is 23.8 Å². The van der Waals surface area contributed by atoms with Gasteiger partial charge in [0.05, 0.1) is 6.10 Å². The quantitative estimate of drug-likeness (QED) is 0.679. The lowest BCUT2D eigenvalue weighted by molar-refractivity contribution is 0.164. The Labute approximate surface area is 93.3 Å². The molecule has 0 radical (unpaired) electrons. The maximum Gasteiger partial charge on any atom is 0.151 e. The molecule has 4 N–H and O–H groups in total. The first-order chi connectivity index (χ1) is 7.54. The van der Waals surface area contributed by atoms with Crippen LogP contribution in [0.3, 0.4) is 0 Å². The van der Waals surface area contributed by atoms with E-state index >= 15 is 0 Å². The van der Waals surface area contributed by atoms with Crippen LogP contribution in [-0.4, -0.2) is 17.8 Å². The molecular formula is C11H16F2N2O. The summed E-state index contributed by atoms with van der Waals surface area (Å²) in [6.45, 7) is 2.15. The number of aliphatic hydroxyl groups excluding tert-OH is 1. The topological polar surface area (TPSA) is 58.3 Å². The van der Waals surface area contributed by atoms with Crippen LogP contribution in [0.25, 0.3) is 0 Å². The average Bonchev–Trinajstić information content (AvgIpc) is 2.21. The van der Waals surface area contributed by atoms with Crippen LogP contribution in [0.15, 0.2) is 12.1 Å². The summed E-state index contributed by atoms with van der Waals surface area (Å²) in [4.78, 5) is 0. The van der Waals surface area contributed by atoms with E-state index in [0.29, 0.717) is 19.4 Å². The van der Waals surface area contributed by atoms with Crippen molar-refractivity contribution in [2.45, 2.75) is 25.9 Å². The van der Waals surface area contributed by atoms with Gasteiger partial charge < -0.3 is 16.2 Å². The molecule has 1 aromatic rings. The predicted octanol–water partition coefficient (Wildman–Crippen LogP) is 2.12. The lowest BCUT2D eigenvalue weighted by atomic mass is 10.2. The normalized spacial score (nSPS) is 12.5. The van der Waals surface area contributed by atoms with E-state index in [0.717, 1.165) is 12.1 Å². The van der Waals surface area contributed by atoms with E-state index in [2.05, 4.69) is 5.32 Å². The second-order valence-electron chi connectivity index (χ2n) is 3.64. The van der Waals surface area contributed by atoms with Crippen LogP contribution in [0.5, 0.6) is 0 Å². The number of hydrogen-bond donors (Lipinski definition) is 3. The number of benzene rings is 1. The molecule has 0 spiro atoms. The summed E-state index contributed by atoms with van der Waals surface area (Å²) in [5.41, 5.74) is 5.13. The van der Waals surface area contributed by atoms with Crippen LogP contribution >= 0.6 is 0 Å². The Bertz CT molecular complexity index is 335. The van der Waals surface area contributed by atoms with Gasteiger partial charge in [0.25, 0.3) is 0 Å². The summed E-state index contributed by atoms with van der Waals surface area (Å²) in [5, 5.41) is 11.9. The van der Waals surface area contributed by atoms with E-state index in [1.165, 1.54) is 0 Å². The number of anilines is 2. The molecule has 0 saturated carbocycles.